The Bertz CT molecular complexity index is 1140. The number of hydrogen-bond donors (Lipinski definition) is 2. The molecule has 2 aromatic carbocycles. The highest BCUT2D eigenvalue weighted by atomic mass is 35.5. The van der Waals surface area contributed by atoms with Gasteiger partial charge in [0.05, 0.1) is 18.3 Å². The number of sulfonamides is 1. The maximum atomic E-state index is 12.3. The number of hydrogen-bond acceptors (Lipinski definition) is 5. The Morgan fingerprint density at radius 2 is 1.87 bits per heavy atom. The molecule has 31 heavy (non-hydrogen) atoms. The van der Waals surface area contributed by atoms with Crippen molar-refractivity contribution >= 4 is 44.1 Å². The van der Waals surface area contributed by atoms with Crippen LogP contribution < -0.4 is 10.6 Å². The number of nitrogens with one attached hydrogen (secondary N) is 2. The Morgan fingerprint density at radius 3 is 2.61 bits per heavy atom. The molecule has 2 N–H and O–H groups in total. The topological polar surface area (TPSA) is 91.4 Å². The molecule has 0 spiro atoms. The molecule has 1 heterocycles. The Kier molecular flexibility index (Phi) is 7.84. The van der Waals surface area contributed by atoms with Crippen molar-refractivity contribution in [3.05, 3.63) is 71.4 Å². The normalized spacial score (nSPS) is 11.6. The first-order valence-electron chi connectivity index (χ1n) is 9.87. The number of halogens is 1. The van der Waals surface area contributed by atoms with Gasteiger partial charge < -0.3 is 10.6 Å². The fourth-order valence-corrected chi connectivity index (χ4v) is 4.09. The highest BCUT2D eigenvalue weighted by Crippen LogP contribution is 2.24. The van der Waals surface area contributed by atoms with Crippen molar-refractivity contribution in [2.45, 2.75) is 6.42 Å². The van der Waals surface area contributed by atoms with Gasteiger partial charge in [-0.25, -0.2) is 8.42 Å². The smallest absolute Gasteiger partial charge is 0.235 e. The Balaban J connectivity index is 1.49. The average molecular weight is 461 g/mol. The summed E-state index contributed by atoms with van der Waals surface area (Å²) in [6.45, 7) is 0.880. The molecule has 0 unspecified atom stereocenters. The van der Waals surface area contributed by atoms with E-state index >= 15 is 0 Å². The van der Waals surface area contributed by atoms with Crippen LogP contribution in [0.15, 0.2) is 60.8 Å². The number of nitrogens with zero attached hydrogens (tertiary/aromatic N) is 2. The molecule has 0 fully saturated rings. The minimum Gasteiger partial charge on any atom is -0.383 e. The Labute approximate surface area is 187 Å². The summed E-state index contributed by atoms with van der Waals surface area (Å²) in [5, 5.41) is 7.58. The summed E-state index contributed by atoms with van der Waals surface area (Å²) in [7, 11) is -3.49. The third-order valence-corrected chi connectivity index (χ3v) is 6.23. The van der Waals surface area contributed by atoms with Crippen LogP contribution >= 0.6 is 11.6 Å². The maximum absolute atomic E-state index is 12.3. The van der Waals surface area contributed by atoms with Gasteiger partial charge in [-0.2, -0.15) is 4.31 Å². The second-order valence-electron chi connectivity index (χ2n) is 7.13. The number of rotatable bonds is 10. The summed E-state index contributed by atoms with van der Waals surface area (Å²) in [5.41, 5.74) is 2.69. The summed E-state index contributed by atoms with van der Waals surface area (Å²) in [4.78, 5) is 16.6. The first-order valence-corrected chi connectivity index (χ1v) is 12.1. The molecule has 3 aromatic rings. The minimum absolute atomic E-state index is 0.206. The van der Waals surface area contributed by atoms with Crippen molar-refractivity contribution < 1.29 is 13.2 Å². The van der Waals surface area contributed by atoms with Crippen molar-refractivity contribution in [2.75, 3.05) is 37.8 Å². The maximum Gasteiger partial charge on any atom is 0.235 e. The molecule has 164 valence electrons. The molecule has 0 aliphatic rings. The number of carbonyl (C=O) groups excluding carboxylic acids is 1. The van der Waals surface area contributed by atoms with E-state index in [9.17, 15) is 13.2 Å². The molecule has 7 nitrogen and oxygen atoms in total. The SMILES string of the molecule is CS(=O)(=O)N(CCc1ccccc1)CC(=O)NCCNc1ccnc2cc(Cl)ccc12. The Hall–Kier alpha value is -2.68. The molecule has 9 heteroatoms. The zero-order chi connectivity index (χ0) is 22.3. The van der Waals surface area contributed by atoms with Gasteiger partial charge in [0.15, 0.2) is 0 Å². The molecular weight excluding hydrogens is 436 g/mol. The molecule has 1 amide bonds. The van der Waals surface area contributed by atoms with Gasteiger partial charge in [0.1, 0.15) is 0 Å². The van der Waals surface area contributed by atoms with Crippen LogP contribution in [0.3, 0.4) is 0 Å². The first-order chi connectivity index (χ1) is 14.8. The van der Waals surface area contributed by atoms with Crippen LogP contribution in [0.5, 0.6) is 0 Å². The second kappa shape index (κ2) is 10.6. The number of benzene rings is 2. The summed E-state index contributed by atoms with van der Waals surface area (Å²) >= 11 is 6.01. The first kappa shape index (κ1) is 23.0. The summed E-state index contributed by atoms with van der Waals surface area (Å²) in [5.74, 6) is -0.341. The highest BCUT2D eigenvalue weighted by Gasteiger charge is 2.19. The van der Waals surface area contributed by atoms with Crippen LogP contribution in [0.25, 0.3) is 10.9 Å². The molecule has 0 aliphatic heterocycles. The zero-order valence-corrected chi connectivity index (χ0v) is 18.8. The lowest BCUT2D eigenvalue weighted by Crippen LogP contribution is -2.42. The zero-order valence-electron chi connectivity index (χ0n) is 17.2. The van der Waals surface area contributed by atoms with E-state index in [0.29, 0.717) is 24.5 Å². The van der Waals surface area contributed by atoms with E-state index in [1.54, 1.807) is 18.3 Å². The molecule has 3 rings (SSSR count). The molecular formula is C22H25ClN4O3S. The van der Waals surface area contributed by atoms with Crippen molar-refractivity contribution in [3.63, 3.8) is 0 Å². The van der Waals surface area contributed by atoms with Crippen LogP contribution in [-0.4, -0.2) is 56.0 Å². The van der Waals surface area contributed by atoms with Gasteiger partial charge in [0.25, 0.3) is 0 Å². The second-order valence-corrected chi connectivity index (χ2v) is 9.55. The fourth-order valence-electron chi connectivity index (χ4n) is 3.15. The predicted octanol–water partition coefficient (Wildman–Crippen LogP) is 2.92. The quantitative estimate of drug-likeness (QED) is 0.454. The molecule has 0 saturated carbocycles. The van der Waals surface area contributed by atoms with Gasteiger partial charge in [0, 0.05) is 41.9 Å². The van der Waals surface area contributed by atoms with Gasteiger partial charge in [0.2, 0.25) is 15.9 Å². The fraction of sp³-hybridized carbons (Fsp3) is 0.273. The van der Waals surface area contributed by atoms with E-state index in [4.69, 9.17) is 11.6 Å². The molecule has 0 atom stereocenters. The van der Waals surface area contributed by atoms with Crippen LogP contribution in [-0.2, 0) is 21.2 Å². The van der Waals surface area contributed by atoms with Crippen molar-refractivity contribution in [1.82, 2.24) is 14.6 Å². The van der Waals surface area contributed by atoms with E-state index in [1.807, 2.05) is 42.5 Å². The van der Waals surface area contributed by atoms with Crippen molar-refractivity contribution in [2.24, 2.45) is 0 Å². The van der Waals surface area contributed by atoms with E-state index in [-0.39, 0.29) is 19.0 Å². The minimum atomic E-state index is -3.49. The van der Waals surface area contributed by atoms with Crippen LogP contribution in [0.2, 0.25) is 5.02 Å². The lowest BCUT2D eigenvalue weighted by atomic mass is 10.1. The number of aromatic nitrogens is 1. The standard InChI is InChI=1S/C22H25ClN4O3S/c1-31(29,30)27(14-10-17-5-3-2-4-6-17)16-22(28)26-13-12-25-20-9-11-24-21-15-18(23)7-8-19(20)21/h2-9,11,15H,10,12-14,16H2,1H3,(H,24,25)(H,26,28). The third kappa shape index (κ3) is 6.92. The van der Waals surface area contributed by atoms with Gasteiger partial charge in [-0.15, -0.1) is 0 Å². The number of carbonyl (C=O) groups is 1. The van der Waals surface area contributed by atoms with Crippen LogP contribution in [0.1, 0.15) is 5.56 Å². The summed E-state index contributed by atoms with van der Waals surface area (Å²) in [6, 6.07) is 16.9. The monoisotopic (exact) mass is 460 g/mol. The van der Waals surface area contributed by atoms with Crippen molar-refractivity contribution in [1.29, 1.82) is 0 Å². The Morgan fingerprint density at radius 1 is 1.10 bits per heavy atom. The van der Waals surface area contributed by atoms with Crippen LogP contribution in [0, 0.1) is 0 Å². The number of amides is 1. The molecule has 1 aromatic heterocycles. The van der Waals surface area contributed by atoms with E-state index in [2.05, 4.69) is 15.6 Å². The van der Waals surface area contributed by atoms with Gasteiger partial charge in [-0.05, 0) is 36.2 Å². The average Bonchev–Trinajstić information content (AvgIpc) is 2.74. The molecule has 0 radical (unpaired) electrons. The van der Waals surface area contributed by atoms with E-state index in [1.165, 1.54) is 4.31 Å². The van der Waals surface area contributed by atoms with Gasteiger partial charge >= 0.3 is 0 Å². The molecule has 0 bridgehead atoms. The highest BCUT2D eigenvalue weighted by molar-refractivity contribution is 7.88. The summed E-state index contributed by atoms with van der Waals surface area (Å²) < 4.78 is 25.3. The number of pyridine rings is 1. The molecule has 0 aliphatic carbocycles. The summed E-state index contributed by atoms with van der Waals surface area (Å²) in [6.07, 6.45) is 3.35. The molecule has 0 saturated heterocycles. The van der Waals surface area contributed by atoms with Crippen molar-refractivity contribution in [3.8, 4) is 0 Å². The van der Waals surface area contributed by atoms with E-state index in [0.717, 1.165) is 28.4 Å². The third-order valence-electron chi connectivity index (χ3n) is 4.75. The lowest BCUT2D eigenvalue weighted by molar-refractivity contribution is -0.121. The number of fused-ring (bicyclic) bond motifs is 1. The largest absolute Gasteiger partial charge is 0.383 e. The van der Waals surface area contributed by atoms with Gasteiger partial charge in [-0.3, -0.25) is 9.78 Å². The number of anilines is 1. The predicted molar refractivity (Wildman–Crippen MR) is 125 cm³/mol. The van der Waals surface area contributed by atoms with E-state index < -0.39 is 10.0 Å². The van der Waals surface area contributed by atoms with Crippen LogP contribution in [0.4, 0.5) is 5.69 Å². The van der Waals surface area contributed by atoms with Gasteiger partial charge in [-0.1, -0.05) is 41.9 Å². The lowest BCUT2D eigenvalue weighted by Gasteiger charge is -2.19.